The van der Waals surface area contributed by atoms with Crippen LogP contribution < -0.4 is 0 Å². The number of benzene rings is 4. The van der Waals surface area contributed by atoms with Crippen LogP contribution in [0.3, 0.4) is 0 Å². The fourth-order valence-corrected chi connectivity index (χ4v) is 4.46. The first-order valence-corrected chi connectivity index (χ1v) is 10.5. The summed E-state index contributed by atoms with van der Waals surface area (Å²) in [5.74, 6) is -5.56. The normalized spacial score (nSPS) is 11.4. The fraction of sp³-hybridized carbons (Fsp3) is 0. The first-order chi connectivity index (χ1) is 15.7. The molecule has 0 unspecified atom stereocenters. The minimum atomic E-state index is -1.02. The highest BCUT2D eigenvalue weighted by Crippen LogP contribution is 2.58. The Morgan fingerprint density at radius 1 is 0.515 bits per heavy atom. The van der Waals surface area contributed by atoms with Crippen LogP contribution >= 0.6 is 15.9 Å². The SMILES string of the molecule is Oc1c(O)c(O)c2c(c1O)c1c(O)c(O)c(Br)c(O)c1n2-c1cccc(-c2ccccc2)c1. The second-order valence-electron chi connectivity index (χ2n) is 7.45. The monoisotopic (exact) mass is 509 g/mol. The van der Waals surface area contributed by atoms with E-state index in [4.69, 9.17) is 0 Å². The summed E-state index contributed by atoms with van der Waals surface area (Å²) in [6.07, 6.45) is 0. The molecule has 0 atom stereocenters. The van der Waals surface area contributed by atoms with Gasteiger partial charge in [-0.05, 0) is 39.2 Å². The van der Waals surface area contributed by atoms with Crippen molar-refractivity contribution in [3.05, 3.63) is 59.1 Å². The van der Waals surface area contributed by atoms with E-state index in [-0.39, 0.29) is 26.3 Å². The second-order valence-corrected chi connectivity index (χ2v) is 8.25. The van der Waals surface area contributed by atoms with Gasteiger partial charge in [0.1, 0.15) is 15.5 Å². The fourth-order valence-electron chi connectivity index (χ4n) is 4.09. The molecule has 0 bridgehead atoms. The zero-order chi connectivity index (χ0) is 23.6. The summed E-state index contributed by atoms with van der Waals surface area (Å²) in [5.41, 5.74) is 1.78. The lowest BCUT2D eigenvalue weighted by Crippen LogP contribution is -1.96. The minimum Gasteiger partial charge on any atom is -0.504 e. The number of phenolic OH excluding ortho intramolecular Hbond substituents is 7. The van der Waals surface area contributed by atoms with Crippen LogP contribution in [0.15, 0.2) is 59.1 Å². The molecule has 1 heterocycles. The lowest BCUT2D eigenvalue weighted by Gasteiger charge is -2.13. The maximum atomic E-state index is 10.9. The lowest BCUT2D eigenvalue weighted by molar-refractivity contribution is 0.350. The van der Waals surface area contributed by atoms with Gasteiger partial charge in [0.2, 0.25) is 11.5 Å². The van der Waals surface area contributed by atoms with Gasteiger partial charge in [0.15, 0.2) is 28.7 Å². The molecular weight excluding hydrogens is 494 g/mol. The number of hydrogen-bond donors (Lipinski definition) is 7. The van der Waals surface area contributed by atoms with E-state index in [1.54, 1.807) is 18.2 Å². The highest BCUT2D eigenvalue weighted by molar-refractivity contribution is 9.10. The number of fused-ring (bicyclic) bond motifs is 3. The van der Waals surface area contributed by atoms with Gasteiger partial charge in [0.05, 0.1) is 10.8 Å². The van der Waals surface area contributed by atoms with Crippen LogP contribution in [0.2, 0.25) is 0 Å². The molecule has 0 aliphatic rings. The number of nitrogens with zero attached hydrogens (tertiary/aromatic N) is 1. The van der Waals surface area contributed by atoms with Crippen LogP contribution in [0, 0.1) is 0 Å². The van der Waals surface area contributed by atoms with Crippen LogP contribution in [0.25, 0.3) is 38.6 Å². The predicted octanol–water partition coefficient (Wildman–Crippen LogP) is 5.15. The number of halogens is 1. The molecule has 0 saturated heterocycles. The lowest BCUT2D eigenvalue weighted by atomic mass is 10.1. The maximum absolute atomic E-state index is 10.9. The van der Waals surface area contributed by atoms with Crippen molar-refractivity contribution in [3.8, 4) is 57.1 Å². The molecule has 0 fully saturated rings. The third-order valence-electron chi connectivity index (χ3n) is 5.62. The van der Waals surface area contributed by atoms with Crippen molar-refractivity contribution in [2.24, 2.45) is 0 Å². The molecule has 0 radical (unpaired) electrons. The summed E-state index contributed by atoms with van der Waals surface area (Å²) in [6, 6.07) is 16.4. The van der Waals surface area contributed by atoms with Crippen molar-refractivity contribution in [3.63, 3.8) is 0 Å². The van der Waals surface area contributed by atoms with Crippen molar-refractivity contribution in [1.29, 1.82) is 0 Å². The van der Waals surface area contributed by atoms with E-state index in [1.807, 2.05) is 36.4 Å². The van der Waals surface area contributed by atoms with Crippen LogP contribution in [0.1, 0.15) is 0 Å². The van der Waals surface area contributed by atoms with Gasteiger partial charge in [0.25, 0.3) is 0 Å². The molecule has 8 nitrogen and oxygen atoms in total. The van der Waals surface area contributed by atoms with E-state index < -0.39 is 40.2 Å². The molecule has 0 amide bonds. The summed E-state index contributed by atoms with van der Waals surface area (Å²) in [4.78, 5) is 0. The van der Waals surface area contributed by atoms with Gasteiger partial charge >= 0.3 is 0 Å². The molecule has 9 heteroatoms. The van der Waals surface area contributed by atoms with Gasteiger partial charge in [-0.3, -0.25) is 0 Å². The van der Waals surface area contributed by atoms with Gasteiger partial charge in [-0.2, -0.15) is 0 Å². The summed E-state index contributed by atoms with van der Waals surface area (Å²) in [7, 11) is 0. The standard InChI is InChI=1S/C24H16BrNO7/c25-15-20(29)16-13(18(27)21(15)30)14-17(22(31)24(33)23(32)19(14)28)26(16)12-8-4-7-11(9-12)10-5-2-1-3-6-10/h1-9,27-33H. The van der Waals surface area contributed by atoms with Crippen molar-refractivity contribution in [2.45, 2.75) is 0 Å². The second kappa shape index (κ2) is 7.14. The Kier molecular flexibility index (Phi) is 4.47. The van der Waals surface area contributed by atoms with Crippen molar-refractivity contribution < 1.29 is 35.7 Å². The molecular formula is C24H16BrNO7. The molecule has 0 saturated carbocycles. The van der Waals surface area contributed by atoms with Gasteiger partial charge in [0, 0.05) is 5.69 Å². The number of rotatable bonds is 2. The van der Waals surface area contributed by atoms with Gasteiger partial charge in [-0.1, -0.05) is 42.5 Å². The molecule has 0 aliphatic heterocycles. The molecule has 7 N–H and O–H groups in total. The zero-order valence-corrected chi connectivity index (χ0v) is 18.2. The molecule has 166 valence electrons. The van der Waals surface area contributed by atoms with Gasteiger partial charge in [-0.15, -0.1) is 0 Å². The van der Waals surface area contributed by atoms with Crippen molar-refractivity contribution >= 4 is 37.7 Å². The zero-order valence-electron chi connectivity index (χ0n) is 16.7. The van der Waals surface area contributed by atoms with Crippen LogP contribution in [0.5, 0.6) is 40.2 Å². The Hall–Kier alpha value is -4.24. The Morgan fingerprint density at radius 3 is 1.73 bits per heavy atom. The summed E-state index contributed by atoms with van der Waals surface area (Å²) in [6.45, 7) is 0. The average molecular weight is 510 g/mol. The molecule has 0 spiro atoms. The number of aromatic hydroxyl groups is 7. The molecule has 5 aromatic rings. The van der Waals surface area contributed by atoms with E-state index in [0.29, 0.717) is 5.69 Å². The topological polar surface area (TPSA) is 147 Å². The van der Waals surface area contributed by atoms with E-state index in [0.717, 1.165) is 11.1 Å². The van der Waals surface area contributed by atoms with Crippen LogP contribution in [0.4, 0.5) is 0 Å². The van der Waals surface area contributed by atoms with Crippen molar-refractivity contribution in [1.82, 2.24) is 4.57 Å². The first kappa shape index (κ1) is 20.7. The smallest absolute Gasteiger partial charge is 0.206 e. The number of hydrogen-bond acceptors (Lipinski definition) is 7. The largest absolute Gasteiger partial charge is 0.504 e. The highest BCUT2D eigenvalue weighted by Gasteiger charge is 2.31. The molecule has 5 rings (SSSR count). The average Bonchev–Trinajstić information content (AvgIpc) is 3.20. The number of phenols is 7. The van der Waals surface area contributed by atoms with Gasteiger partial charge < -0.3 is 40.3 Å². The molecule has 4 aromatic carbocycles. The Labute approximate surface area is 194 Å². The Balaban J connectivity index is 2.02. The van der Waals surface area contributed by atoms with E-state index in [1.165, 1.54) is 4.57 Å². The molecule has 1 aromatic heterocycles. The number of aromatic nitrogens is 1. The van der Waals surface area contributed by atoms with E-state index in [9.17, 15) is 35.7 Å². The summed E-state index contributed by atoms with van der Waals surface area (Å²) in [5, 5.41) is 73.0. The Morgan fingerprint density at radius 2 is 1.06 bits per heavy atom. The molecule has 33 heavy (non-hydrogen) atoms. The summed E-state index contributed by atoms with van der Waals surface area (Å²) < 4.78 is 1.09. The highest BCUT2D eigenvalue weighted by atomic mass is 79.9. The van der Waals surface area contributed by atoms with Crippen molar-refractivity contribution in [2.75, 3.05) is 0 Å². The van der Waals surface area contributed by atoms with E-state index >= 15 is 0 Å². The minimum absolute atomic E-state index is 0.0898. The maximum Gasteiger partial charge on any atom is 0.206 e. The predicted molar refractivity (Wildman–Crippen MR) is 126 cm³/mol. The third-order valence-corrected chi connectivity index (χ3v) is 6.37. The molecule has 0 aliphatic carbocycles. The Bertz CT molecular complexity index is 1520. The quantitative estimate of drug-likeness (QED) is 0.128. The third kappa shape index (κ3) is 2.76. The summed E-state index contributed by atoms with van der Waals surface area (Å²) >= 11 is 3.04. The van der Waals surface area contributed by atoms with Crippen LogP contribution in [-0.2, 0) is 0 Å². The van der Waals surface area contributed by atoms with Gasteiger partial charge in [-0.25, -0.2) is 0 Å². The van der Waals surface area contributed by atoms with E-state index in [2.05, 4.69) is 15.9 Å². The van der Waals surface area contributed by atoms with Crippen LogP contribution in [-0.4, -0.2) is 40.3 Å². The first-order valence-electron chi connectivity index (χ1n) is 9.66.